The molecule has 1 fully saturated rings. The van der Waals surface area contributed by atoms with Crippen LogP contribution >= 0.6 is 35.3 Å². The summed E-state index contributed by atoms with van der Waals surface area (Å²) >= 11 is 1.69. The third-order valence-electron chi connectivity index (χ3n) is 3.57. The fourth-order valence-corrected chi connectivity index (χ4v) is 3.17. The second-order valence-corrected chi connectivity index (χ2v) is 5.87. The molecule has 1 aliphatic carbocycles. The molecule has 0 radical (unpaired) electrons. The van der Waals surface area contributed by atoms with Gasteiger partial charge >= 0.3 is 0 Å². The summed E-state index contributed by atoms with van der Waals surface area (Å²) in [6.07, 6.45) is 4.11. The highest BCUT2D eigenvalue weighted by atomic mass is 127. The van der Waals surface area contributed by atoms with Crippen LogP contribution in [0.2, 0.25) is 0 Å². The van der Waals surface area contributed by atoms with Crippen molar-refractivity contribution in [1.82, 2.24) is 15.6 Å². The fraction of sp³-hybridized carbons (Fsp3) is 0.643. The molecule has 2 unspecified atom stereocenters. The van der Waals surface area contributed by atoms with Crippen LogP contribution in [-0.2, 0) is 13.0 Å². The first-order chi connectivity index (χ1) is 9.76. The van der Waals surface area contributed by atoms with Crippen LogP contribution in [0.5, 0.6) is 0 Å². The molecule has 0 aliphatic heterocycles. The molecule has 0 spiro atoms. The van der Waals surface area contributed by atoms with E-state index in [1.54, 1.807) is 18.4 Å². The summed E-state index contributed by atoms with van der Waals surface area (Å²) in [5.41, 5.74) is 1.04. The van der Waals surface area contributed by atoms with E-state index in [0.717, 1.165) is 42.3 Å². The SMILES string of the molecule is CCc1nc(CNC(=NC)NC2CCCC2C#N)cs1.I. The summed E-state index contributed by atoms with van der Waals surface area (Å²) in [4.78, 5) is 8.74. The monoisotopic (exact) mass is 419 g/mol. The number of guanidine groups is 1. The van der Waals surface area contributed by atoms with Crippen molar-refractivity contribution >= 4 is 41.3 Å². The van der Waals surface area contributed by atoms with Gasteiger partial charge in [0.25, 0.3) is 0 Å². The molecular weight excluding hydrogens is 397 g/mol. The van der Waals surface area contributed by atoms with Crippen LogP contribution in [0.1, 0.15) is 36.9 Å². The Labute approximate surface area is 147 Å². The first kappa shape index (κ1) is 18.2. The summed E-state index contributed by atoms with van der Waals surface area (Å²) in [7, 11) is 1.75. The van der Waals surface area contributed by atoms with Crippen molar-refractivity contribution in [2.75, 3.05) is 7.05 Å². The van der Waals surface area contributed by atoms with Gasteiger partial charge in [-0.15, -0.1) is 35.3 Å². The fourth-order valence-electron chi connectivity index (χ4n) is 2.42. The van der Waals surface area contributed by atoms with E-state index < -0.39 is 0 Å². The van der Waals surface area contributed by atoms with Crippen molar-refractivity contribution in [2.45, 2.75) is 45.2 Å². The second kappa shape index (κ2) is 9.20. The average Bonchev–Trinajstić information content (AvgIpc) is 3.11. The Bertz CT molecular complexity index is 508. The number of aromatic nitrogens is 1. The van der Waals surface area contributed by atoms with E-state index in [4.69, 9.17) is 5.26 Å². The summed E-state index contributed by atoms with van der Waals surface area (Å²) in [6.45, 7) is 2.78. The summed E-state index contributed by atoms with van der Waals surface area (Å²) in [6, 6.07) is 2.59. The summed E-state index contributed by atoms with van der Waals surface area (Å²) in [5.74, 6) is 0.850. The zero-order valence-corrected chi connectivity index (χ0v) is 15.6. The Hall–Kier alpha value is -0.880. The molecule has 116 valence electrons. The molecular formula is C14H22IN5S. The molecule has 2 atom stereocenters. The van der Waals surface area contributed by atoms with Crippen molar-refractivity contribution in [3.63, 3.8) is 0 Å². The van der Waals surface area contributed by atoms with Gasteiger partial charge in [-0.3, -0.25) is 4.99 Å². The predicted octanol–water partition coefficient (Wildman–Crippen LogP) is 2.68. The Kier molecular flexibility index (Phi) is 7.96. The first-order valence-electron chi connectivity index (χ1n) is 7.07. The van der Waals surface area contributed by atoms with Gasteiger partial charge in [0, 0.05) is 18.5 Å². The zero-order chi connectivity index (χ0) is 14.4. The first-order valence-corrected chi connectivity index (χ1v) is 7.94. The van der Waals surface area contributed by atoms with E-state index >= 15 is 0 Å². The Morgan fingerprint density at radius 3 is 3.00 bits per heavy atom. The van der Waals surface area contributed by atoms with Gasteiger partial charge in [0.15, 0.2) is 5.96 Å². The Balaban J connectivity index is 0.00000220. The van der Waals surface area contributed by atoms with Crippen LogP contribution in [0.15, 0.2) is 10.4 Å². The lowest BCUT2D eigenvalue weighted by molar-refractivity contribution is 0.532. The van der Waals surface area contributed by atoms with Gasteiger partial charge in [-0.1, -0.05) is 6.92 Å². The van der Waals surface area contributed by atoms with Gasteiger partial charge in [-0.25, -0.2) is 4.98 Å². The van der Waals surface area contributed by atoms with Crippen molar-refractivity contribution in [3.05, 3.63) is 16.1 Å². The smallest absolute Gasteiger partial charge is 0.191 e. The number of rotatable bonds is 4. The van der Waals surface area contributed by atoms with Crippen LogP contribution in [-0.4, -0.2) is 24.0 Å². The van der Waals surface area contributed by atoms with Crippen molar-refractivity contribution in [2.24, 2.45) is 10.9 Å². The number of nitriles is 1. The van der Waals surface area contributed by atoms with Crippen LogP contribution in [0.25, 0.3) is 0 Å². The Morgan fingerprint density at radius 1 is 1.57 bits per heavy atom. The molecule has 1 aromatic rings. The maximum absolute atomic E-state index is 9.10. The van der Waals surface area contributed by atoms with E-state index in [1.807, 2.05) is 0 Å². The highest BCUT2D eigenvalue weighted by Crippen LogP contribution is 2.24. The minimum absolute atomic E-state index is 0. The number of thiazole rings is 1. The molecule has 7 heteroatoms. The molecule has 0 saturated heterocycles. The van der Waals surface area contributed by atoms with Gasteiger partial charge in [0.05, 0.1) is 29.2 Å². The lowest BCUT2D eigenvalue weighted by Crippen LogP contribution is -2.44. The van der Waals surface area contributed by atoms with Gasteiger partial charge in [0.1, 0.15) is 0 Å². The highest BCUT2D eigenvalue weighted by Gasteiger charge is 2.27. The molecule has 1 aromatic heterocycles. The quantitative estimate of drug-likeness (QED) is 0.447. The Morgan fingerprint density at radius 2 is 2.38 bits per heavy atom. The van der Waals surface area contributed by atoms with Crippen molar-refractivity contribution in [1.29, 1.82) is 5.26 Å². The molecule has 0 bridgehead atoms. The highest BCUT2D eigenvalue weighted by molar-refractivity contribution is 14.0. The van der Waals surface area contributed by atoms with Crippen LogP contribution < -0.4 is 10.6 Å². The van der Waals surface area contributed by atoms with Crippen LogP contribution in [0, 0.1) is 17.2 Å². The number of nitrogens with zero attached hydrogens (tertiary/aromatic N) is 3. The normalized spacial score (nSPS) is 21.5. The van der Waals surface area contributed by atoms with Crippen LogP contribution in [0.4, 0.5) is 0 Å². The zero-order valence-electron chi connectivity index (χ0n) is 12.4. The van der Waals surface area contributed by atoms with E-state index in [2.05, 4.69) is 39.0 Å². The summed E-state index contributed by atoms with van der Waals surface area (Å²) < 4.78 is 0. The molecule has 2 rings (SSSR count). The molecule has 0 amide bonds. The van der Waals surface area contributed by atoms with Gasteiger partial charge in [0.2, 0.25) is 0 Å². The molecule has 0 aromatic carbocycles. The average molecular weight is 419 g/mol. The summed E-state index contributed by atoms with van der Waals surface area (Å²) in [5, 5.41) is 19.0. The maximum atomic E-state index is 9.10. The van der Waals surface area contributed by atoms with E-state index in [1.165, 1.54) is 0 Å². The minimum Gasteiger partial charge on any atom is -0.352 e. The van der Waals surface area contributed by atoms with E-state index in [9.17, 15) is 0 Å². The number of hydrogen-bond acceptors (Lipinski definition) is 4. The second-order valence-electron chi connectivity index (χ2n) is 4.93. The number of halogens is 1. The van der Waals surface area contributed by atoms with Crippen LogP contribution in [0.3, 0.4) is 0 Å². The molecule has 21 heavy (non-hydrogen) atoms. The van der Waals surface area contributed by atoms with Crippen molar-refractivity contribution in [3.8, 4) is 6.07 Å². The van der Waals surface area contributed by atoms with E-state index in [0.29, 0.717) is 6.54 Å². The van der Waals surface area contributed by atoms with Crippen molar-refractivity contribution < 1.29 is 0 Å². The van der Waals surface area contributed by atoms with E-state index in [-0.39, 0.29) is 35.9 Å². The molecule has 5 nitrogen and oxygen atoms in total. The minimum atomic E-state index is 0. The molecule has 2 N–H and O–H groups in total. The van der Waals surface area contributed by atoms with Gasteiger partial charge in [-0.05, 0) is 25.7 Å². The molecule has 1 aliphatic rings. The lowest BCUT2D eigenvalue weighted by atomic mass is 10.1. The number of hydrogen-bond donors (Lipinski definition) is 2. The molecule has 1 heterocycles. The maximum Gasteiger partial charge on any atom is 0.191 e. The third-order valence-corrected chi connectivity index (χ3v) is 4.61. The topological polar surface area (TPSA) is 73.1 Å². The predicted molar refractivity (Wildman–Crippen MR) is 97.0 cm³/mol. The standard InChI is InChI=1S/C14H21N5S.HI/c1-3-13-18-11(9-20-13)8-17-14(16-2)19-12-6-4-5-10(12)7-15;/h9-10,12H,3-6,8H2,1-2H3,(H2,16,17,19);1H. The van der Waals surface area contributed by atoms with Gasteiger partial charge in [-0.2, -0.15) is 5.26 Å². The number of aryl methyl sites for hydroxylation is 1. The third kappa shape index (κ3) is 5.11. The number of aliphatic imine (C=N–C) groups is 1. The molecule has 1 saturated carbocycles. The number of nitrogens with one attached hydrogen (secondary N) is 2. The van der Waals surface area contributed by atoms with Gasteiger partial charge < -0.3 is 10.6 Å². The lowest BCUT2D eigenvalue weighted by Gasteiger charge is -2.19. The largest absolute Gasteiger partial charge is 0.352 e.